The Labute approximate surface area is 55.7 Å². The first kappa shape index (κ1) is 6.07. The summed E-state index contributed by atoms with van der Waals surface area (Å²) in [7, 11) is 0. The van der Waals surface area contributed by atoms with Gasteiger partial charge in [0.05, 0.1) is 0 Å². The van der Waals surface area contributed by atoms with Gasteiger partial charge in [0.1, 0.15) is 0 Å². The minimum atomic E-state index is -0.907. The van der Waals surface area contributed by atoms with E-state index in [4.69, 9.17) is 4.42 Å². The molecule has 0 aromatic carbocycles. The average Bonchev–Trinajstić information content (AvgIpc) is 2.12. The molecule has 0 fully saturated rings. The van der Waals surface area contributed by atoms with Crippen LogP contribution in [-0.2, 0) is 0 Å². The summed E-state index contributed by atoms with van der Waals surface area (Å²) in [6, 6.07) is 0. The molecule has 0 saturated carbocycles. The van der Waals surface area contributed by atoms with Crippen LogP contribution in [0.3, 0.4) is 0 Å². The van der Waals surface area contributed by atoms with Gasteiger partial charge in [0.15, 0.2) is 0 Å². The van der Waals surface area contributed by atoms with Crippen LogP contribution in [0, 0.1) is 3.90 Å². The zero-order chi connectivity index (χ0) is 5.98. The van der Waals surface area contributed by atoms with Crippen molar-refractivity contribution in [2.24, 2.45) is 0 Å². The van der Waals surface area contributed by atoms with E-state index in [-0.39, 0.29) is 0 Å². The van der Waals surface area contributed by atoms with Crippen LogP contribution in [-0.4, -0.2) is 14.8 Å². The Balaban J connectivity index is 2.77. The number of nitrogens with zero attached hydrogens (tertiary/aromatic N) is 1. The summed E-state index contributed by atoms with van der Waals surface area (Å²) in [6.07, 6.45) is 3.33. The molecule has 0 bridgehead atoms. The van der Waals surface area contributed by atoms with Crippen molar-refractivity contribution in [1.29, 1.82) is 0 Å². The van der Waals surface area contributed by atoms with E-state index in [1.165, 1.54) is 0 Å². The maximum absolute atomic E-state index is 5.05. The molecular formula is C5H8INO. The number of oxazole rings is 1. The molecule has 46 valence electrons. The van der Waals surface area contributed by atoms with Crippen molar-refractivity contribution in [3.05, 3.63) is 16.4 Å². The molecule has 0 saturated heterocycles. The molecule has 8 heavy (non-hydrogen) atoms. The molecule has 1 aromatic heterocycles. The van der Waals surface area contributed by atoms with Gasteiger partial charge < -0.3 is 0 Å². The number of alkyl halides is 2. The van der Waals surface area contributed by atoms with Gasteiger partial charge in [0.25, 0.3) is 0 Å². The van der Waals surface area contributed by atoms with Crippen LogP contribution in [0.1, 0.15) is 0 Å². The van der Waals surface area contributed by atoms with Crippen molar-refractivity contribution in [3.63, 3.8) is 0 Å². The van der Waals surface area contributed by atoms with Crippen molar-refractivity contribution in [2.75, 3.05) is 9.86 Å². The summed E-state index contributed by atoms with van der Waals surface area (Å²) in [5, 5.41) is 0. The topological polar surface area (TPSA) is 26.0 Å². The molecular weight excluding hydrogens is 217 g/mol. The van der Waals surface area contributed by atoms with Gasteiger partial charge in [-0.25, -0.2) is 0 Å². The van der Waals surface area contributed by atoms with Crippen molar-refractivity contribution < 1.29 is 4.42 Å². The Kier molecular flexibility index (Phi) is 1.88. The van der Waals surface area contributed by atoms with Gasteiger partial charge in [0.2, 0.25) is 0 Å². The van der Waals surface area contributed by atoms with Gasteiger partial charge in [0, 0.05) is 0 Å². The number of hydrogen-bond donors (Lipinski definition) is 0. The Morgan fingerprint density at radius 2 is 2.38 bits per heavy atom. The number of aromatic nitrogens is 1. The van der Waals surface area contributed by atoms with Gasteiger partial charge >= 0.3 is 55.4 Å². The van der Waals surface area contributed by atoms with E-state index < -0.39 is 19.8 Å². The Morgan fingerprint density at radius 1 is 1.62 bits per heavy atom. The van der Waals surface area contributed by atoms with Gasteiger partial charge in [-0.3, -0.25) is 0 Å². The van der Waals surface area contributed by atoms with Gasteiger partial charge in [-0.15, -0.1) is 0 Å². The van der Waals surface area contributed by atoms with E-state index in [0.29, 0.717) is 0 Å². The fraction of sp³-hybridized carbons (Fsp3) is 0.400. The molecule has 0 radical (unpaired) electrons. The van der Waals surface area contributed by atoms with E-state index in [0.717, 1.165) is 3.90 Å². The van der Waals surface area contributed by atoms with Crippen LogP contribution in [0.25, 0.3) is 0 Å². The SMILES string of the molecule is CI(C)c1ncco1. The first-order valence-electron chi connectivity index (χ1n) is 2.20. The monoisotopic (exact) mass is 225 g/mol. The quantitative estimate of drug-likeness (QED) is 0.536. The summed E-state index contributed by atoms with van der Waals surface area (Å²) in [5.41, 5.74) is 0. The summed E-state index contributed by atoms with van der Waals surface area (Å²) in [6.45, 7) is 0. The third kappa shape index (κ3) is 1.21. The Bertz CT molecular complexity index is 147. The fourth-order valence-electron chi connectivity index (χ4n) is 0.393. The third-order valence-electron chi connectivity index (χ3n) is 0.726. The van der Waals surface area contributed by atoms with E-state index >= 15 is 0 Å². The molecule has 0 aliphatic carbocycles. The first-order chi connectivity index (χ1) is 3.80. The van der Waals surface area contributed by atoms with Gasteiger partial charge in [-0.1, -0.05) is 0 Å². The van der Waals surface area contributed by atoms with Crippen LogP contribution in [0.4, 0.5) is 0 Å². The standard InChI is InChI=1S/C5H8INO/c1-6(2)5-7-3-4-8-5/h3-4H,1-2H3. The first-order valence-corrected chi connectivity index (χ1v) is 7.59. The maximum atomic E-state index is 5.05. The molecule has 0 aliphatic rings. The molecule has 0 unspecified atom stereocenters. The molecule has 1 heterocycles. The van der Waals surface area contributed by atoms with Crippen LogP contribution in [0.5, 0.6) is 0 Å². The number of hydrogen-bond acceptors (Lipinski definition) is 2. The second-order valence-electron chi connectivity index (χ2n) is 1.54. The molecule has 1 aromatic rings. The Morgan fingerprint density at radius 3 is 2.62 bits per heavy atom. The van der Waals surface area contributed by atoms with E-state index in [9.17, 15) is 0 Å². The molecule has 1 rings (SSSR count). The van der Waals surface area contributed by atoms with Crippen LogP contribution in [0.2, 0.25) is 0 Å². The van der Waals surface area contributed by atoms with Gasteiger partial charge in [-0.05, 0) is 0 Å². The Hall–Kier alpha value is -0.0600. The zero-order valence-electron chi connectivity index (χ0n) is 4.89. The van der Waals surface area contributed by atoms with Gasteiger partial charge in [-0.2, -0.15) is 0 Å². The van der Waals surface area contributed by atoms with E-state index in [1.807, 2.05) is 0 Å². The average molecular weight is 225 g/mol. The summed E-state index contributed by atoms with van der Waals surface area (Å²) in [4.78, 5) is 8.43. The van der Waals surface area contributed by atoms with Crippen molar-refractivity contribution in [3.8, 4) is 0 Å². The summed E-state index contributed by atoms with van der Waals surface area (Å²) in [5.74, 6) is 0. The normalized spacial score (nSPS) is 11.5. The molecule has 0 N–H and O–H groups in total. The summed E-state index contributed by atoms with van der Waals surface area (Å²) >= 11 is -0.907. The molecule has 0 atom stereocenters. The molecule has 0 amide bonds. The molecule has 3 heteroatoms. The number of halogens is 1. The molecule has 0 spiro atoms. The zero-order valence-corrected chi connectivity index (χ0v) is 7.05. The second-order valence-corrected chi connectivity index (χ2v) is 6.78. The number of rotatable bonds is 1. The van der Waals surface area contributed by atoms with Crippen molar-refractivity contribution in [1.82, 2.24) is 4.98 Å². The molecule has 2 nitrogen and oxygen atoms in total. The minimum absolute atomic E-state index is 0.907. The fourth-order valence-corrected chi connectivity index (χ4v) is 1.77. The predicted molar refractivity (Wildman–Crippen MR) is 41.1 cm³/mol. The molecule has 0 aliphatic heterocycles. The summed E-state index contributed by atoms with van der Waals surface area (Å²) < 4.78 is 6.02. The van der Waals surface area contributed by atoms with Crippen LogP contribution in [0.15, 0.2) is 16.9 Å². The predicted octanol–water partition coefficient (Wildman–Crippen LogP) is 1.61. The van der Waals surface area contributed by atoms with E-state index in [1.54, 1.807) is 12.5 Å². The van der Waals surface area contributed by atoms with Crippen LogP contribution < -0.4 is 0 Å². The van der Waals surface area contributed by atoms with Crippen molar-refractivity contribution in [2.45, 2.75) is 0 Å². The third-order valence-corrected chi connectivity index (χ3v) is 3.10. The second kappa shape index (κ2) is 2.48. The van der Waals surface area contributed by atoms with Crippen molar-refractivity contribution >= 4 is 19.8 Å². The van der Waals surface area contributed by atoms with Crippen LogP contribution >= 0.6 is 19.8 Å². The van der Waals surface area contributed by atoms with E-state index in [2.05, 4.69) is 14.8 Å².